The molecule has 5 unspecified atom stereocenters. The number of rotatable bonds is 4. The van der Waals surface area contributed by atoms with Crippen molar-refractivity contribution in [3.63, 3.8) is 0 Å². The molecule has 11 heteroatoms. The maximum Gasteiger partial charge on any atom is 0.189 e. The van der Waals surface area contributed by atoms with Gasteiger partial charge in [-0.25, -0.2) is 0 Å². The molecule has 11 nitrogen and oxygen atoms in total. The summed E-state index contributed by atoms with van der Waals surface area (Å²) in [6.07, 6.45) is -15.6. The van der Waals surface area contributed by atoms with Crippen LogP contribution < -0.4 is 0 Å². The van der Waals surface area contributed by atoms with E-state index in [0.29, 0.717) is 0 Å². The highest BCUT2D eigenvalue weighted by atomic mass is 16.8. The lowest BCUT2D eigenvalue weighted by atomic mass is 9.98. The number of aliphatic hydroxyl groups is 8. The zero-order valence-electron chi connectivity index (χ0n) is 12.0. The van der Waals surface area contributed by atoms with Crippen LogP contribution in [-0.4, -0.2) is 115 Å². The minimum absolute atomic E-state index is 0.667. The van der Waals surface area contributed by atoms with Gasteiger partial charge in [-0.2, -0.15) is 0 Å². The Labute approximate surface area is 130 Å². The van der Waals surface area contributed by atoms with Gasteiger partial charge in [-0.05, 0) is 0 Å². The maximum absolute atomic E-state index is 9.84. The Balaban J connectivity index is 2.07. The van der Waals surface area contributed by atoms with Crippen molar-refractivity contribution in [2.75, 3.05) is 13.2 Å². The van der Waals surface area contributed by atoms with E-state index in [1.165, 1.54) is 0 Å². The van der Waals surface area contributed by atoms with Gasteiger partial charge in [0.05, 0.1) is 13.2 Å². The summed E-state index contributed by atoms with van der Waals surface area (Å²) in [5.41, 5.74) is 0. The molecule has 0 radical (unpaired) electrons. The molecule has 2 aliphatic rings. The number of ether oxygens (including phenoxy) is 3. The second kappa shape index (κ2) is 7.63. The smallest absolute Gasteiger partial charge is 0.189 e. The Kier molecular flexibility index (Phi) is 6.27. The van der Waals surface area contributed by atoms with Crippen molar-refractivity contribution in [1.29, 1.82) is 0 Å². The van der Waals surface area contributed by atoms with Crippen molar-refractivity contribution in [2.24, 2.45) is 0 Å². The van der Waals surface area contributed by atoms with Crippen LogP contribution in [0.4, 0.5) is 0 Å². The van der Waals surface area contributed by atoms with Gasteiger partial charge >= 0.3 is 0 Å². The molecule has 2 heterocycles. The largest absolute Gasteiger partial charge is 0.394 e. The molecule has 2 fully saturated rings. The summed E-state index contributed by atoms with van der Waals surface area (Å²) in [6, 6.07) is 0. The van der Waals surface area contributed by atoms with Crippen LogP contribution in [0.5, 0.6) is 0 Å². The first-order valence-corrected chi connectivity index (χ1v) is 7.08. The SMILES string of the molecule is OCC1O[C@@H](O[C@H]2OC(CO)[C@@H](O)[C@H](O)C2O)C(O)C(O)[C@@H]1O. The molecular weight excluding hydrogens is 320 g/mol. The zero-order chi connectivity index (χ0) is 17.3. The molecule has 23 heavy (non-hydrogen) atoms. The summed E-state index contributed by atoms with van der Waals surface area (Å²) in [4.78, 5) is 0. The lowest BCUT2D eigenvalue weighted by Crippen LogP contribution is -2.63. The minimum Gasteiger partial charge on any atom is -0.394 e. The topological polar surface area (TPSA) is 190 Å². The second-order valence-electron chi connectivity index (χ2n) is 5.53. The van der Waals surface area contributed by atoms with Crippen LogP contribution in [0.25, 0.3) is 0 Å². The maximum atomic E-state index is 9.84. The van der Waals surface area contributed by atoms with Crippen LogP contribution in [0.3, 0.4) is 0 Å². The summed E-state index contributed by atoms with van der Waals surface area (Å²) in [7, 11) is 0. The van der Waals surface area contributed by atoms with Crippen molar-refractivity contribution in [1.82, 2.24) is 0 Å². The van der Waals surface area contributed by atoms with Crippen LogP contribution in [0.15, 0.2) is 0 Å². The number of hydrogen-bond donors (Lipinski definition) is 8. The number of hydrogen-bond acceptors (Lipinski definition) is 11. The van der Waals surface area contributed by atoms with E-state index in [-0.39, 0.29) is 0 Å². The highest BCUT2D eigenvalue weighted by molar-refractivity contribution is 4.92. The highest BCUT2D eigenvalue weighted by Gasteiger charge is 2.49. The van der Waals surface area contributed by atoms with Gasteiger partial charge in [0.25, 0.3) is 0 Å². The zero-order valence-corrected chi connectivity index (χ0v) is 12.0. The molecule has 2 aliphatic heterocycles. The van der Waals surface area contributed by atoms with Crippen LogP contribution in [-0.2, 0) is 14.2 Å². The fraction of sp³-hybridized carbons (Fsp3) is 1.00. The van der Waals surface area contributed by atoms with Gasteiger partial charge < -0.3 is 55.1 Å². The molecule has 0 spiro atoms. The van der Waals surface area contributed by atoms with E-state index < -0.39 is 74.6 Å². The fourth-order valence-corrected chi connectivity index (χ4v) is 2.49. The van der Waals surface area contributed by atoms with Crippen LogP contribution in [0.1, 0.15) is 0 Å². The quantitative estimate of drug-likeness (QED) is 0.243. The summed E-state index contributed by atoms with van der Waals surface area (Å²) in [5, 5.41) is 76.4. The predicted octanol–water partition coefficient (Wildman–Crippen LogP) is -5.40. The Morgan fingerprint density at radius 1 is 0.565 bits per heavy atom. The fourth-order valence-electron chi connectivity index (χ4n) is 2.49. The molecule has 0 saturated carbocycles. The Morgan fingerprint density at radius 2 is 0.913 bits per heavy atom. The summed E-state index contributed by atoms with van der Waals surface area (Å²) < 4.78 is 15.3. The molecule has 0 aromatic heterocycles. The third-order valence-electron chi connectivity index (χ3n) is 3.97. The van der Waals surface area contributed by atoms with E-state index in [2.05, 4.69) is 0 Å². The van der Waals surface area contributed by atoms with Gasteiger partial charge in [-0.15, -0.1) is 0 Å². The van der Waals surface area contributed by atoms with Gasteiger partial charge in [0, 0.05) is 0 Å². The average Bonchev–Trinajstić information content (AvgIpc) is 2.55. The molecule has 2 rings (SSSR count). The third-order valence-corrected chi connectivity index (χ3v) is 3.97. The third kappa shape index (κ3) is 3.65. The summed E-state index contributed by atoms with van der Waals surface area (Å²) >= 11 is 0. The average molecular weight is 342 g/mol. The van der Waals surface area contributed by atoms with Crippen molar-refractivity contribution in [3.05, 3.63) is 0 Å². The molecule has 2 saturated heterocycles. The Morgan fingerprint density at radius 3 is 1.22 bits per heavy atom. The van der Waals surface area contributed by atoms with Crippen molar-refractivity contribution in [3.8, 4) is 0 Å². The standard InChI is InChI=1S/C12H22O11/c13-1-3-5(15)7(17)9(19)11(21-3)23-12-10(20)8(18)6(16)4(2-14)22-12/h3-20H,1-2H2/t3?,4?,5-,6-,7+,8?,9?,10?,11-,12+/m1/s1. The van der Waals surface area contributed by atoms with Gasteiger partial charge in [-0.3, -0.25) is 0 Å². The van der Waals surface area contributed by atoms with Crippen LogP contribution >= 0.6 is 0 Å². The first-order valence-electron chi connectivity index (χ1n) is 7.08. The normalized spacial score (nSPS) is 51.7. The molecule has 0 amide bonds. The minimum atomic E-state index is -1.72. The highest BCUT2D eigenvalue weighted by Crippen LogP contribution is 2.27. The van der Waals surface area contributed by atoms with Crippen LogP contribution in [0, 0.1) is 0 Å². The molecule has 0 bridgehead atoms. The second-order valence-corrected chi connectivity index (χ2v) is 5.53. The molecule has 0 aliphatic carbocycles. The van der Waals surface area contributed by atoms with Gasteiger partial charge in [0.1, 0.15) is 48.8 Å². The van der Waals surface area contributed by atoms with Crippen molar-refractivity contribution >= 4 is 0 Å². The van der Waals surface area contributed by atoms with Crippen molar-refractivity contribution in [2.45, 2.75) is 61.4 Å². The van der Waals surface area contributed by atoms with Gasteiger partial charge in [0.15, 0.2) is 12.6 Å². The van der Waals surface area contributed by atoms with E-state index in [1.54, 1.807) is 0 Å². The molecule has 0 aromatic carbocycles. The van der Waals surface area contributed by atoms with E-state index in [0.717, 1.165) is 0 Å². The molecule has 10 atom stereocenters. The van der Waals surface area contributed by atoms with E-state index in [1.807, 2.05) is 0 Å². The molecule has 8 N–H and O–H groups in total. The molecular formula is C12H22O11. The lowest BCUT2D eigenvalue weighted by Gasteiger charge is -2.44. The van der Waals surface area contributed by atoms with E-state index in [9.17, 15) is 30.6 Å². The van der Waals surface area contributed by atoms with Crippen LogP contribution in [0.2, 0.25) is 0 Å². The van der Waals surface area contributed by atoms with E-state index in [4.69, 9.17) is 24.4 Å². The Hall–Kier alpha value is -0.440. The molecule has 0 aromatic rings. The summed E-state index contributed by atoms with van der Waals surface area (Å²) in [6.45, 7) is -1.33. The number of aliphatic hydroxyl groups excluding tert-OH is 8. The van der Waals surface area contributed by atoms with Crippen molar-refractivity contribution < 1.29 is 55.1 Å². The predicted molar refractivity (Wildman–Crippen MR) is 68.6 cm³/mol. The summed E-state index contributed by atoms with van der Waals surface area (Å²) in [5.74, 6) is 0. The first kappa shape index (κ1) is 18.9. The van der Waals surface area contributed by atoms with E-state index >= 15 is 0 Å². The lowest BCUT2D eigenvalue weighted by molar-refractivity contribution is -0.376. The monoisotopic (exact) mass is 342 g/mol. The molecule has 136 valence electrons. The first-order chi connectivity index (χ1) is 10.8. The Bertz CT molecular complexity index is 344. The van der Waals surface area contributed by atoms with Gasteiger partial charge in [-0.1, -0.05) is 0 Å². The van der Waals surface area contributed by atoms with Gasteiger partial charge in [0.2, 0.25) is 0 Å².